The van der Waals surface area contributed by atoms with Crippen LogP contribution in [-0.2, 0) is 5.88 Å². The summed E-state index contributed by atoms with van der Waals surface area (Å²) in [6.07, 6.45) is 1.69. The monoisotopic (exact) mass is 186 g/mol. The first-order valence-electron chi connectivity index (χ1n) is 3.20. The van der Waals surface area contributed by atoms with Crippen molar-refractivity contribution in [1.29, 1.82) is 0 Å². The molecule has 2 nitrogen and oxygen atoms in total. The summed E-state index contributed by atoms with van der Waals surface area (Å²) in [4.78, 5) is 0.883. The van der Waals surface area contributed by atoms with Gasteiger partial charge in [0.05, 0.1) is 22.2 Å². The van der Waals surface area contributed by atoms with Gasteiger partial charge in [0.25, 0.3) is 0 Å². The Labute approximate surface area is 77.1 Å². The Kier molecular flexibility index (Phi) is 2.67. The molecule has 0 spiro atoms. The van der Waals surface area contributed by atoms with Gasteiger partial charge in [-0.3, -0.25) is 4.68 Å². The number of thiol groups is 2. The molecule has 0 radical (unpaired) electrons. The van der Waals surface area contributed by atoms with Crippen molar-refractivity contribution in [3.8, 4) is 0 Å². The lowest BCUT2D eigenvalue weighted by atomic mass is 10.4. The van der Waals surface area contributed by atoms with E-state index in [9.17, 15) is 0 Å². The van der Waals surface area contributed by atoms with E-state index in [1.54, 1.807) is 10.8 Å². The van der Waals surface area contributed by atoms with Crippen molar-refractivity contribution in [2.24, 2.45) is 0 Å². The van der Waals surface area contributed by atoms with E-state index in [1.807, 2.05) is 6.92 Å². The molecule has 60 valence electrons. The molecule has 0 N–H and O–H groups in total. The average molecular weight is 186 g/mol. The fourth-order valence-corrected chi connectivity index (χ4v) is 1.36. The van der Waals surface area contributed by atoms with E-state index in [-0.39, 0.29) is 0 Å². The maximum Gasteiger partial charge on any atom is 0.0981 e. The molecule has 1 rings (SSSR count). The summed E-state index contributed by atoms with van der Waals surface area (Å²) in [7, 11) is 0. The highest BCUT2D eigenvalue weighted by molar-refractivity contribution is 7.80. The topological polar surface area (TPSA) is 17.8 Å². The van der Waals surface area contributed by atoms with Crippen molar-refractivity contribution in [1.82, 2.24) is 9.78 Å². The third-order valence-electron chi connectivity index (χ3n) is 1.53. The van der Waals surface area contributed by atoms with Gasteiger partial charge in [-0.1, -0.05) is 6.58 Å². The predicted octanol–water partition coefficient (Wildman–Crippen LogP) is 2.01. The van der Waals surface area contributed by atoms with E-state index < -0.39 is 0 Å². The first kappa shape index (κ1) is 8.74. The minimum atomic E-state index is 0.577. The van der Waals surface area contributed by atoms with Crippen LogP contribution in [0, 0.1) is 6.92 Å². The normalized spacial score (nSPS) is 10.1. The molecule has 0 aliphatic heterocycles. The molecule has 0 saturated carbocycles. The van der Waals surface area contributed by atoms with Gasteiger partial charge in [-0.15, -0.1) is 12.6 Å². The van der Waals surface area contributed by atoms with Gasteiger partial charge < -0.3 is 0 Å². The van der Waals surface area contributed by atoms with Gasteiger partial charge in [-0.25, -0.2) is 0 Å². The Morgan fingerprint density at radius 3 is 2.64 bits per heavy atom. The molecule has 0 aromatic carbocycles. The van der Waals surface area contributed by atoms with E-state index in [0.717, 1.165) is 16.3 Å². The Morgan fingerprint density at radius 2 is 2.36 bits per heavy atom. The third-order valence-corrected chi connectivity index (χ3v) is 2.35. The van der Waals surface area contributed by atoms with Crippen LogP contribution >= 0.6 is 25.3 Å². The van der Waals surface area contributed by atoms with Gasteiger partial charge in [0.2, 0.25) is 0 Å². The summed E-state index contributed by atoms with van der Waals surface area (Å²) in [6.45, 7) is 5.59. The molecule has 0 fully saturated rings. The summed E-state index contributed by atoms with van der Waals surface area (Å²) in [5.74, 6) is 0.577. The van der Waals surface area contributed by atoms with E-state index in [4.69, 9.17) is 0 Å². The quantitative estimate of drug-likeness (QED) is 0.676. The number of hydrogen-bond acceptors (Lipinski definition) is 3. The van der Waals surface area contributed by atoms with Crippen molar-refractivity contribution < 1.29 is 0 Å². The molecule has 0 atom stereocenters. The zero-order valence-electron chi connectivity index (χ0n) is 6.28. The Morgan fingerprint density at radius 1 is 1.73 bits per heavy atom. The Bertz CT molecular complexity index is 278. The van der Waals surface area contributed by atoms with E-state index >= 15 is 0 Å². The van der Waals surface area contributed by atoms with Crippen LogP contribution in [0.1, 0.15) is 11.4 Å². The van der Waals surface area contributed by atoms with Crippen LogP contribution in [0.5, 0.6) is 0 Å². The van der Waals surface area contributed by atoms with Gasteiger partial charge in [0.15, 0.2) is 0 Å². The van der Waals surface area contributed by atoms with E-state index in [2.05, 4.69) is 36.9 Å². The fraction of sp³-hybridized carbons (Fsp3) is 0.286. The zero-order valence-corrected chi connectivity index (χ0v) is 8.07. The smallest absolute Gasteiger partial charge is 0.0981 e. The molecule has 0 saturated heterocycles. The summed E-state index contributed by atoms with van der Waals surface area (Å²) < 4.78 is 1.78. The predicted molar refractivity (Wildman–Crippen MR) is 53.3 cm³/mol. The molecule has 1 aromatic rings. The average Bonchev–Trinajstić information content (AvgIpc) is 2.30. The van der Waals surface area contributed by atoms with Gasteiger partial charge in [-0.2, -0.15) is 17.7 Å². The zero-order chi connectivity index (χ0) is 8.43. The molecule has 11 heavy (non-hydrogen) atoms. The van der Waals surface area contributed by atoms with Crippen LogP contribution in [0.2, 0.25) is 0 Å². The van der Waals surface area contributed by atoms with Crippen LogP contribution in [0.25, 0.3) is 6.08 Å². The highest BCUT2D eigenvalue weighted by Gasteiger charge is 2.06. The Hall–Kier alpha value is -0.350. The van der Waals surface area contributed by atoms with Gasteiger partial charge in [-0.05, 0) is 13.0 Å². The SMILES string of the molecule is C=Cc1nn(CS)c(C)c1S. The second-order valence-electron chi connectivity index (χ2n) is 2.16. The lowest BCUT2D eigenvalue weighted by molar-refractivity contribution is 0.723. The van der Waals surface area contributed by atoms with Crippen LogP contribution in [0.4, 0.5) is 0 Å². The maximum atomic E-state index is 4.28. The molecule has 0 bridgehead atoms. The lowest BCUT2D eigenvalue weighted by Crippen LogP contribution is -1.96. The summed E-state index contributed by atoms with van der Waals surface area (Å²) in [5.41, 5.74) is 1.85. The van der Waals surface area contributed by atoms with Crippen molar-refractivity contribution in [2.75, 3.05) is 0 Å². The van der Waals surface area contributed by atoms with Crippen molar-refractivity contribution >= 4 is 31.3 Å². The van der Waals surface area contributed by atoms with Crippen molar-refractivity contribution in [2.45, 2.75) is 17.7 Å². The second kappa shape index (κ2) is 3.36. The molecule has 0 unspecified atom stereocenters. The molecular weight excluding hydrogens is 176 g/mol. The summed E-state index contributed by atoms with van der Waals surface area (Å²) in [6, 6.07) is 0. The molecule has 1 aromatic heterocycles. The first-order chi connectivity index (χ1) is 5.20. The van der Waals surface area contributed by atoms with Crippen molar-refractivity contribution in [3.05, 3.63) is 18.0 Å². The van der Waals surface area contributed by atoms with E-state index in [0.29, 0.717) is 5.88 Å². The van der Waals surface area contributed by atoms with Gasteiger partial charge in [0.1, 0.15) is 0 Å². The van der Waals surface area contributed by atoms with Crippen LogP contribution in [-0.4, -0.2) is 9.78 Å². The first-order valence-corrected chi connectivity index (χ1v) is 4.28. The number of aromatic nitrogens is 2. The van der Waals surface area contributed by atoms with E-state index in [1.165, 1.54) is 0 Å². The minimum absolute atomic E-state index is 0.577. The number of hydrogen-bond donors (Lipinski definition) is 2. The molecule has 0 aliphatic carbocycles. The fourth-order valence-electron chi connectivity index (χ4n) is 0.835. The standard InChI is InChI=1S/C7H10N2S2/c1-3-6-7(11)5(2)9(4-10)8-6/h3,10-11H,1,4H2,2H3. The van der Waals surface area contributed by atoms with Crippen molar-refractivity contribution in [3.63, 3.8) is 0 Å². The molecule has 1 heterocycles. The third kappa shape index (κ3) is 1.46. The van der Waals surface area contributed by atoms with Crippen LogP contribution in [0.15, 0.2) is 11.5 Å². The highest BCUT2D eigenvalue weighted by Crippen LogP contribution is 2.18. The lowest BCUT2D eigenvalue weighted by Gasteiger charge is -1.95. The molecular formula is C7H10N2S2. The summed E-state index contributed by atoms with van der Waals surface area (Å²) >= 11 is 8.39. The number of rotatable bonds is 2. The summed E-state index contributed by atoms with van der Waals surface area (Å²) in [5, 5.41) is 4.19. The molecule has 4 heteroatoms. The van der Waals surface area contributed by atoms with Crippen LogP contribution in [0.3, 0.4) is 0 Å². The molecule has 0 amide bonds. The van der Waals surface area contributed by atoms with Gasteiger partial charge >= 0.3 is 0 Å². The Balaban J connectivity index is 3.22. The van der Waals surface area contributed by atoms with Crippen LogP contribution < -0.4 is 0 Å². The largest absolute Gasteiger partial charge is 0.258 e. The highest BCUT2D eigenvalue weighted by atomic mass is 32.1. The maximum absolute atomic E-state index is 4.28. The molecule has 0 aliphatic rings. The number of nitrogens with zero attached hydrogens (tertiary/aromatic N) is 2. The second-order valence-corrected chi connectivity index (χ2v) is 2.89. The minimum Gasteiger partial charge on any atom is -0.258 e. The van der Waals surface area contributed by atoms with Gasteiger partial charge in [0, 0.05) is 0 Å².